The monoisotopic (exact) mass is 741 g/mol. The molecule has 56 heavy (non-hydrogen) atoms. The maximum atomic E-state index is 6.92. The summed E-state index contributed by atoms with van der Waals surface area (Å²) in [6.45, 7) is 17.2. The van der Waals surface area contributed by atoms with Gasteiger partial charge in [0.2, 0.25) is 0 Å². The number of halogens is 1. The van der Waals surface area contributed by atoms with Crippen molar-refractivity contribution in [2.24, 2.45) is 0 Å². The van der Waals surface area contributed by atoms with Gasteiger partial charge in [-0.15, -0.1) is 0 Å². The Morgan fingerprint density at radius 2 is 1.02 bits per heavy atom. The van der Waals surface area contributed by atoms with Crippen molar-refractivity contribution in [2.45, 2.75) is 38.5 Å². The number of hydrogen-bond acceptors (Lipinski definition) is 1. The Bertz CT molecular complexity index is 2690. The zero-order valence-corrected chi connectivity index (χ0v) is 33.2. The molecule has 0 spiro atoms. The Morgan fingerprint density at radius 1 is 0.500 bits per heavy atom. The topological polar surface area (TPSA) is 3.24 Å². The van der Waals surface area contributed by atoms with Crippen LogP contribution in [0.1, 0.15) is 55.5 Å². The van der Waals surface area contributed by atoms with Crippen molar-refractivity contribution in [2.75, 3.05) is 4.90 Å². The first kappa shape index (κ1) is 35.5. The molecule has 7 aromatic rings. The van der Waals surface area contributed by atoms with Gasteiger partial charge >= 0.3 is 0 Å². The van der Waals surface area contributed by atoms with E-state index in [2.05, 4.69) is 191 Å². The SMILES string of the molecule is C=C/C=C(\C=C)c1ccc(-c2ccc(N(c3ccc(-c4ccccc4)cc3)c3ccc4c(c3)C(C)(C)c3cc5c(cc3-4)C(C)(C)c3cccc(Cl)c3-5)cc2)cc1. The molecule has 2 aliphatic carbocycles. The van der Waals surface area contributed by atoms with Crippen LogP contribution in [0.5, 0.6) is 0 Å². The highest BCUT2D eigenvalue weighted by atomic mass is 35.5. The van der Waals surface area contributed by atoms with Crippen molar-refractivity contribution in [3.05, 3.63) is 216 Å². The zero-order valence-electron chi connectivity index (χ0n) is 32.4. The van der Waals surface area contributed by atoms with Gasteiger partial charge in [0.25, 0.3) is 0 Å². The van der Waals surface area contributed by atoms with E-state index in [1.807, 2.05) is 18.2 Å². The molecule has 0 fully saturated rings. The average Bonchev–Trinajstić information content (AvgIpc) is 3.59. The highest BCUT2D eigenvalue weighted by Gasteiger charge is 2.42. The van der Waals surface area contributed by atoms with Gasteiger partial charge in [-0.2, -0.15) is 0 Å². The number of hydrogen-bond donors (Lipinski definition) is 0. The number of allylic oxidation sites excluding steroid dienone is 4. The Labute approximate surface area is 336 Å². The van der Waals surface area contributed by atoms with E-state index in [0.29, 0.717) is 0 Å². The predicted octanol–water partition coefficient (Wildman–Crippen LogP) is 15.5. The summed E-state index contributed by atoms with van der Waals surface area (Å²) in [5.41, 5.74) is 20.3. The summed E-state index contributed by atoms with van der Waals surface area (Å²) in [5, 5.41) is 0.823. The van der Waals surface area contributed by atoms with E-state index >= 15 is 0 Å². The van der Waals surface area contributed by atoms with Crippen LogP contribution >= 0.6 is 11.6 Å². The van der Waals surface area contributed by atoms with Gasteiger partial charge in [0.1, 0.15) is 0 Å². The van der Waals surface area contributed by atoms with Gasteiger partial charge in [-0.05, 0) is 127 Å². The molecule has 0 aromatic heterocycles. The molecule has 2 aliphatic rings. The fourth-order valence-electron chi connectivity index (χ4n) is 9.04. The first-order valence-electron chi connectivity index (χ1n) is 19.3. The molecule has 0 bridgehead atoms. The largest absolute Gasteiger partial charge is 0.310 e. The van der Waals surface area contributed by atoms with Crippen LogP contribution in [0.3, 0.4) is 0 Å². The van der Waals surface area contributed by atoms with E-state index in [0.717, 1.165) is 44.3 Å². The average molecular weight is 742 g/mol. The zero-order chi connectivity index (χ0) is 38.8. The quantitative estimate of drug-likeness (QED) is 0.140. The van der Waals surface area contributed by atoms with Gasteiger partial charge in [0, 0.05) is 38.5 Å². The van der Waals surface area contributed by atoms with Crippen LogP contribution in [0.15, 0.2) is 183 Å². The molecule has 0 aliphatic heterocycles. The van der Waals surface area contributed by atoms with Gasteiger partial charge in [-0.1, -0.05) is 168 Å². The van der Waals surface area contributed by atoms with Gasteiger partial charge in [-0.25, -0.2) is 0 Å². The van der Waals surface area contributed by atoms with Gasteiger partial charge in [0.05, 0.1) is 0 Å². The van der Waals surface area contributed by atoms with Crippen molar-refractivity contribution in [1.29, 1.82) is 0 Å². The molecule has 1 nitrogen and oxygen atoms in total. The van der Waals surface area contributed by atoms with Crippen LogP contribution in [0.4, 0.5) is 17.1 Å². The normalized spacial score (nSPS) is 14.3. The van der Waals surface area contributed by atoms with Gasteiger partial charge in [0.15, 0.2) is 0 Å². The first-order chi connectivity index (χ1) is 27.1. The van der Waals surface area contributed by atoms with Crippen molar-refractivity contribution in [1.82, 2.24) is 0 Å². The molecule has 0 unspecified atom stereocenters. The second kappa shape index (κ2) is 13.6. The maximum Gasteiger partial charge on any atom is 0.0487 e. The minimum absolute atomic E-state index is 0.133. The standard InChI is InChI=1S/C54H44ClN/c1-7-13-35(8-2)37-18-20-38(21-19-37)40-24-28-42(29-25-40)56(41-26-22-39(23-27-41)36-14-10-9-11-15-36)43-30-31-44-45-33-50-46(34-49(45)54(5,6)48(44)32-43)52-47(53(50,3)4)16-12-17-51(52)55/h7-34H,1-2H2,3-6H3/b35-13+. The van der Waals surface area contributed by atoms with E-state index in [9.17, 15) is 0 Å². The number of benzene rings is 7. The highest BCUT2D eigenvalue weighted by molar-refractivity contribution is 6.34. The molecule has 0 radical (unpaired) electrons. The molecule has 272 valence electrons. The second-order valence-corrected chi connectivity index (χ2v) is 16.4. The third-order valence-corrected chi connectivity index (χ3v) is 12.4. The van der Waals surface area contributed by atoms with Crippen LogP contribution in [0.25, 0.3) is 50.1 Å². The molecular formula is C54H44ClN. The van der Waals surface area contributed by atoms with Crippen LogP contribution in [-0.4, -0.2) is 0 Å². The summed E-state index contributed by atoms with van der Waals surface area (Å²) < 4.78 is 0. The lowest BCUT2D eigenvalue weighted by Crippen LogP contribution is -2.17. The fraction of sp³-hybridized carbons (Fsp3) is 0.111. The van der Waals surface area contributed by atoms with Crippen LogP contribution in [0.2, 0.25) is 5.02 Å². The lowest BCUT2D eigenvalue weighted by atomic mass is 9.79. The Balaban J connectivity index is 1.13. The molecule has 0 N–H and O–H groups in total. The molecule has 9 rings (SSSR count). The third-order valence-electron chi connectivity index (χ3n) is 12.1. The van der Waals surface area contributed by atoms with Crippen molar-refractivity contribution in [3.63, 3.8) is 0 Å². The molecule has 0 saturated heterocycles. The summed E-state index contributed by atoms with van der Waals surface area (Å²) in [7, 11) is 0. The number of fused-ring (bicyclic) bond motifs is 6. The van der Waals surface area contributed by atoms with Crippen LogP contribution < -0.4 is 4.90 Å². The molecular weight excluding hydrogens is 698 g/mol. The number of rotatable bonds is 8. The minimum atomic E-state index is -0.213. The summed E-state index contributed by atoms with van der Waals surface area (Å²) in [5.74, 6) is 0. The lowest BCUT2D eigenvalue weighted by molar-refractivity contribution is 0.652. The molecule has 0 atom stereocenters. The van der Waals surface area contributed by atoms with Crippen LogP contribution in [0, 0.1) is 0 Å². The van der Waals surface area contributed by atoms with E-state index in [1.165, 1.54) is 55.6 Å². The van der Waals surface area contributed by atoms with E-state index in [-0.39, 0.29) is 10.8 Å². The predicted molar refractivity (Wildman–Crippen MR) is 241 cm³/mol. The molecule has 2 heteroatoms. The smallest absolute Gasteiger partial charge is 0.0487 e. The molecule has 0 amide bonds. The Hall–Kier alpha value is -6.15. The van der Waals surface area contributed by atoms with Crippen molar-refractivity contribution in [3.8, 4) is 44.5 Å². The molecule has 0 heterocycles. The van der Waals surface area contributed by atoms with Crippen molar-refractivity contribution >= 4 is 34.2 Å². The maximum absolute atomic E-state index is 6.92. The summed E-state index contributed by atoms with van der Waals surface area (Å²) >= 11 is 6.92. The minimum Gasteiger partial charge on any atom is -0.310 e. The molecule has 7 aromatic carbocycles. The van der Waals surface area contributed by atoms with Crippen molar-refractivity contribution < 1.29 is 0 Å². The van der Waals surface area contributed by atoms with E-state index in [4.69, 9.17) is 11.6 Å². The van der Waals surface area contributed by atoms with E-state index in [1.54, 1.807) is 6.08 Å². The highest BCUT2D eigenvalue weighted by Crippen LogP contribution is 2.58. The molecule has 0 saturated carbocycles. The summed E-state index contributed by atoms with van der Waals surface area (Å²) in [6, 6.07) is 55.4. The summed E-state index contributed by atoms with van der Waals surface area (Å²) in [4.78, 5) is 2.39. The van der Waals surface area contributed by atoms with Gasteiger partial charge in [-0.3, -0.25) is 0 Å². The van der Waals surface area contributed by atoms with Crippen LogP contribution in [-0.2, 0) is 10.8 Å². The van der Waals surface area contributed by atoms with Gasteiger partial charge < -0.3 is 4.90 Å². The van der Waals surface area contributed by atoms with E-state index < -0.39 is 0 Å². The number of anilines is 3. The number of nitrogens with zero attached hydrogens (tertiary/aromatic N) is 1. The third kappa shape index (κ3) is 5.69. The lowest BCUT2D eigenvalue weighted by Gasteiger charge is -2.28. The Kier molecular flexibility index (Phi) is 8.60. The Morgan fingerprint density at radius 3 is 1.62 bits per heavy atom. The fourth-order valence-corrected chi connectivity index (χ4v) is 9.32. The summed E-state index contributed by atoms with van der Waals surface area (Å²) in [6.07, 6.45) is 5.65. The first-order valence-corrected chi connectivity index (χ1v) is 19.7. The second-order valence-electron chi connectivity index (χ2n) is 16.0.